The molecule has 26 heavy (non-hydrogen) atoms. The lowest BCUT2D eigenvalue weighted by Gasteiger charge is -2.13. The van der Waals surface area contributed by atoms with Crippen LogP contribution in [0.1, 0.15) is 11.1 Å². The van der Waals surface area contributed by atoms with Crippen molar-refractivity contribution in [3.05, 3.63) is 71.9 Å². The molecule has 0 aliphatic heterocycles. The lowest BCUT2D eigenvalue weighted by atomic mass is 10.1. The number of rotatable bonds is 6. The van der Waals surface area contributed by atoms with E-state index in [9.17, 15) is 0 Å². The van der Waals surface area contributed by atoms with E-state index in [4.69, 9.17) is 4.74 Å². The number of aliphatic imine (C=N–C) groups is 1. The Kier molecular flexibility index (Phi) is 6.04. The Morgan fingerprint density at radius 1 is 1.04 bits per heavy atom. The summed E-state index contributed by atoms with van der Waals surface area (Å²) in [6.07, 6.45) is 2.77. The van der Waals surface area contributed by atoms with Crippen LogP contribution in [-0.2, 0) is 13.0 Å². The van der Waals surface area contributed by atoms with Crippen LogP contribution in [0.15, 0.2) is 65.8 Å². The first-order valence-electron chi connectivity index (χ1n) is 8.70. The highest BCUT2D eigenvalue weighted by Gasteiger charge is 2.03. The first-order valence-corrected chi connectivity index (χ1v) is 8.70. The van der Waals surface area contributed by atoms with Crippen molar-refractivity contribution in [2.45, 2.75) is 13.0 Å². The summed E-state index contributed by atoms with van der Waals surface area (Å²) >= 11 is 0. The number of hydrogen-bond donors (Lipinski definition) is 2. The molecule has 0 saturated carbocycles. The van der Waals surface area contributed by atoms with Crippen molar-refractivity contribution < 1.29 is 4.74 Å². The van der Waals surface area contributed by atoms with Gasteiger partial charge in [-0.1, -0.05) is 30.3 Å². The molecule has 2 N–H and O–H groups in total. The molecule has 5 heteroatoms. The van der Waals surface area contributed by atoms with E-state index in [-0.39, 0.29) is 0 Å². The van der Waals surface area contributed by atoms with E-state index < -0.39 is 0 Å². The third kappa shape index (κ3) is 4.51. The number of nitrogens with one attached hydrogen (secondary N) is 2. The van der Waals surface area contributed by atoms with Gasteiger partial charge in [-0.2, -0.15) is 0 Å². The highest BCUT2D eigenvalue weighted by atomic mass is 16.5. The van der Waals surface area contributed by atoms with E-state index in [1.54, 1.807) is 14.2 Å². The average Bonchev–Trinajstić information content (AvgIpc) is 2.71. The van der Waals surface area contributed by atoms with Crippen LogP contribution >= 0.6 is 0 Å². The topological polar surface area (TPSA) is 58.5 Å². The van der Waals surface area contributed by atoms with Gasteiger partial charge in [-0.15, -0.1) is 0 Å². The van der Waals surface area contributed by atoms with Crippen LogP contribution in [0.4, 0.5) is 0 Å². The first-order chi connectivity index (χ1) is 12.8. The minimum absolute atomic E-state index is 0.700. The van der Waals surface area contributed by atoms with Crippen molar-refractivity contribution in [1.82, 2.24) is 15.6 Å². The second-order valence-corrected chi connectivity index (χ2v) is 5.94. The second-order valence-electron chi connectivity index (χ2n) is 5.94. The summed E-state index contributed by atoms with van der Waals surface area (Å²) in [7, 11) is 3.46. The van der Waals surface area contributed by atoms with Crippen molar-refractivity contribution in [2.75, 3.05) is 20.7 Å². The second kappa shape index (κ2) is 8.85. The molecule has 0 atom stereocenters. The minimum Gasteiger partial charge on any atom is -0.497 e. The fourth-order valence-electron chi connectivity index (χ4n) is 2.83. The van der Waals surface area contributed by atoms with Gasteiger partial charge in [0.15, 0.2) is 5.96 Å². The Balaban J connectivity index is 1.53. The summed E-state index contributed by atoms with van der Waals surface area (Å²) in [4.78, 5) is 8.70. The fourth-order valence-corrected chi connectivity index (χ4v) is 2.83. The van der Waals surface area contributed by atoms with Gasteiger partial charge in [0.1, 0.15) is 5.75 Å². The van der Waals surface area contributed by atoms with Crippen LogP contribution in [0.2, 0.25) is 0 Å². The van der Waals surface area contributed by atoms with E-state index >= 15 is 0 Å². The molecule has 0 aliphatic rings. The number of para-hydroxylation sites is 1. The number of hydrogen-bond acceptors (Lipinski definition) is 3. The highest BCUT2D eigenvalue weighted by Crippen LogP contribution is 2.15. The summed E-state index contributed by atoms with van der Waals surface area (Å²) in [5.74, 6) is 1.67. The molecule has 1 aromatic heterocycles. The van der Waals surface area contributed by atoms with Crippen LogP contribution < -0.4 is 15.4 Å². The Labute approximate surface area is 154 Å². The molecule has 3 aromatic rings. The summed E-state index contributed by atoms with van der Waals surface area (Å²) in [6, 6.07) is 18.3. The Morgan fingerprint density at radius 2 is 1.85 bits per heavy atom. The van der Waals surface area contributed by atoms with Gasteiger partial charge >= 0.3 is 0 Å². The van der Waals surface area contributed by atoms with E-state index in [1.807, 2.05) is 42.6 Å². The van der Waals surface area contributed by atoms with Gasteiger partial charge in [0.2, 0.25) is 0 Å². The SMILES string of the molecule is CN=C(NCCc1ccc(OC)cc1)NCc1ccnc2ccccc12. The standard InChI is InChI=1S/C21H24N4O/c1-22-21(24-13-11-16-7-9-18(26-2)10-8-16)25-15-17-12-14-23-20-6-4-3-5-19(17)20/h3-10,12,14H,11,13,15H2,1-2H3,(H2,22,24,25). The van der Waals surface area contributed by atoms with E-state index in [2.05, 4.69) is 38.8 Å². The van der Waals surface area contributed by atoms with Crippen LogP contribution in [0.3, 0.4) is 0 Å². The number of aromatic nitrogens is 1. The number of guanidine groups is 1. The first kappa shape index (κ1) is 17.7. The number of fused-ring (bicyclic) bond motifs is 1. The summed E-state index contributed by atoms with van der Waals surface area (Å²) in [5, 5.41) is 7.89. The Hall–Kier alpha value is -3.08. The van der Waals surface area contributed by atoms with Crippen LogP contribution in [-0.4, -0.2) is 31.6 Å². The summed E-state index contributed by atoms with van der Waals surface area (Å²) in [6.45, 7) is 1.51. The van der Waals surface area contributed by atoms with Crippen LogP contribution in [0.25, 0.3) is 10.9 Å². The van der Waals surface area contributed by atoms with Gasteiger partial charge in [-0.05, 0) is 41.8 Å². The highest BCUT2D eigenvalue weighted by molar-refractivity contribution is 5.83. The predicted molar refractivity (Wildman–Crippen MR) is 107 cm³/mol. The maximum absolute atomic E-state index is 5.18. The van der Waals surface area contributed by atoms with E-state index in [1.165, 1.54) is 11.1 Å². The number of benzene rings is 2. The van der Waals surface area contributed by atoms with Gasteiger partial charge in [0, 0.05) is 31.7 Å². The molecule has 0 aliphatic carbocycles. The fraction of sp³-hybridized carbons (Fsp3) is 0.238. The van der Waals surface area contributed by atoms with Crippen molar-refractivity contribution >= 4 is 16.9 Å². The summed E-state index contributed by atoms with van der Waals surface area (Å²) in [5.41, 5.74) is 3.47. The molecule has 0 fully saturated rings. The maximum atomic E-state index is 5.18. The summed E-state index contributed by atoms with van der Waals surface area (Å²) < 4.78 is 5.18. The number of pyridine rings is 1. The Bertz CT molecular complexity index is 869. The molecule has 0 saturated heterocycles. The molecule has 0 spiro atoms. The third-order valence-electron chi connectivity index (χ3n) is 4.27. The largest absolute Gasteiger partial charge is 0.497 e. The smallest absolute Gasteiger partial charge is 0.191 e. The number of ether oxygens (including phenoxy) is 1. The molecular weight excluding hydrogens is 324 g/mol. The zero-order valence-corrected chi connectivity index (χ0v) is 15.2. The monoisotopic (exact) mass is 348 g/mol. The van der Waals surface area contributed by atoms with Gasteiger partial charge in [-0.3, -0.25) is 9.98 Å². The van der Waals surface area contributed by atoms with E-state index in [0.29, 0.717) is 6.54 Å². The van der Waals surface area contributed by atoms with Crippen molar-refractivity contribution in [3.8, 4) is 5.75 Å². The van der Waals surface area contributed by atoms with Crippen LogP contribution in [0, 0.1) is 0 Å². The molecule has 0 bridgehead atoms. The third-order valence-corrected chi connectivity index (χ3v) is 4.27. The predicted octanol–water partition coefficient (Wildman–Crippen LogP) is 3.15. The van der Waals surface area contributed by atoms with Gasteiger partial charge in [0.05, 0.1) is 12.6 Å². The van der Waals surface area contributed by atoms with Crippen LogP contribution in [0.5, 0.6) is 5.75 Å². The van der Waals surface area contributed by atoms with Gasteiger partial charge in [0.25, 0.3) is 0 Å². The zero-order chi connectivity index (χ0) is 18.2. The lowest BCUT2D eigenvalue weighted by molar-refractivity contribution is 0.414. The number of nitrogens with zero attached hydrogens (tertiary/aromatic N) is 2. The average molecular weight is 348 g/mol. The molecule has 134 valence electrons. The number of methoxy groups -OCH3 is 1. The van der Waals surface area contributed by atoms with Crippen molar-refractivity contribution in [2.24, 2.45) is 4.99 Å². The molecular formula is C21H24N4O. The maximum Gasteiger partial charge on any atom is 0.191 e. The molecule has 1 heterocycles. The quantitative estimate of drug-likeness (QED) is 0.531. The lowest BCUT2D eigenvalue weighted by Crippen LogP contribution is -2.37. The Morgan fingerprint density at radius 3 is 2.62 bits per heavy atom. The molecule has 3 rings (SSSR count). The molecule has 5 nitrogen and oxygen atoms in total. The minimum atomic E-state index is 0.700. The molecule has 2 aromatic carbocycles. The van der Waals surface area contributed by atoms with Crippen molar-refractivity contribution in [1.29, 1.82) is 0 Å². The normalized spacial score (nSPS) is 11.4. The molecule has 0 amide bonds. The zero-order valence-electron chi connectivity index (χ0n) is 15.2. The van der Waals surface area contributed by atoms with Gasteiger partial charge in [-0.25, -0.2) is 0 Å². The molecule has 0 radical (unpaired) electrons. The van der Waals surface area contributed by atoms with E-state index in [0.717, 1.165) is 35.6 Å². The van der Waals surface area contributed by atoms with Gasteiger partial charge < -0.3 is 15.4 Å². The molecule has 0 unspecified atom stereocenters. The van der Waals surface area contributed by atoms with Crippen molar-refractivity contribution in [3.63, 3.8) is 0 Å².